The van der Waals surface area contributed by atoms with Crippen molar-refractivity contribution in [2.45, 2.75) is 44.2 Å². The van der Waals surface area contributed by atoms with Crippen molar-refractivity contribution in [1.82, 2.24) is 4.90 Å². The summed E-state index contributed by atoms with van der Waals surface area (Å²) in [6.07, 6.45) is -1.87. The SMILES string of the molecule is COC(=O)[C@@]1([14CH3])C[C@H]2c3ccccc3N(C(=O)OCc3ccccc3)[C@H]2N1C(=O)OCc1ccccc1. The average Bonchev–Trinajstić information content (AvgIpc) is 3.41. The third-order valence-electron chi connectivity index (χ3n) is 7.06. The molecule has 3 aromatic carbocycles. The third kappa shape index (κ3) is 4.39. The number of benzene rings is 3. The van der Waals surface area contributed by atoms with Gasteiger partial charge in [-0.2, -0.15) is 0 Å². The lowest BCUT2D eigenvalue weighted by Crippen LogP contribution is -2.59. The number of fused-ring (bicyclic) bond motifs is 3. The van der Waals surface area contributed by atoms with Crippen LogP contribution in [0.3, 0.4) is 0 Å². The molecule has 0 aliphatic carbocycles. The highest BCUT2D eigenvalue weighted by molar-refractivity contribution is 5.95. The smallest absolute Gasteiger partial charge is 0.416 e. The first kappa shape index (κ1) is 24.4. The van der Waals surface area contributed by atoms with Gasteiger partial charge in [0.05, 0.1) is 12.8 Å². The van der Waals surface area contributed by atoms with Crippen LogP contribution in [0.25, 0.3) is 0 Å². The van der Waals surface area contributed by atoms with E-state index >= 15 is 0 Å². The molecule has 2 amide bonds. The fraction of sp³-hybridized carbons (Fsp3) is 0.276. The van der Waals surface area contributed by atoms with Crippen molar-refractivity contribution < 1.29 is 28.6 Å². The van der Waals surface area contributed by atoms with Gasteiger partial charge in [0, 0.05) is 5.92 Å². The maximum Gasteiger partial charge on any atom is 0.416 e. The van der Waals surface area contributed by atoms with E-state index in [2.05, 4.69) is 0 Å². The van der Waals surface area contributed by atoms with Crippen LogP contribution >= 0.6 is 0 Å². The van der Waals surface area contributed by atoms with Gasteiger partial charge in [-0.15, -0.1) is 0 Å². The Labute approximate surface area is 215 Å². The zero-order valence-corrected chi connectivity index (χ0v) is 20.7. The van der Waals surface area contributed by atoms with Crippen molar-refractivity contribution in [3.05, 3.63) is 102 Å². The molecule has 0 bridgehead atoms. The summed E-state index contributed by atoms with van der Waals surface area (Å²) in [5, 5.41) is 0. The Morgan fingerprint density at radius 3 is 1.97 bits per heavy atom. The molecular formula is C29H28N2O6. The molecule has 1 fully saturated rings. The quantitative estimate of drug-likeness (QED) is 0.351. The highest BCUT2D eigenvalue weighted by atomic mass is 16.6. The van der Waals surface area contributed by atoms with Crippen molar-refractivity contribution >= 4 is 23.8 Å². The van der Waals surface area contributed by atoms with Crippen molar-refractivity contribution in [2.24, 2.45) is 0 Å². The van der Waals surface area contributed by atoms with Gasteiger partial charge >= 0.3 is 18.2 Å². The topological polar surface area (TPSA) is 85.4 Å². The van der Waals surface area contributed by atoms with E-state index in [-0.39, 0.29) is 25.6 Å². The molecule has 0 spiro atoms. The number of anilines is 1. The van der Waals surface area contributed by atoms with E-state index in [1.54, 1.807) is 6.92 Å². The summed E-state index contributed by atoms with van der Waals surface area (Å²) in [5.41, 5.74) is 1.80. The van der Waals surface area contributed by atoms with Crippen LogP contribution in [-0.4, -0.2) is 41.9 Å². The van der Waals surface area contributed by atoms with Crippen LogP contribution in [0.5, 0.6) is 0 Å². The molecule has 3 aromatic rings. The molecule has 5 rings (SSSR count). The van der Waals surface area contributed by atoms with Gasteiger partial charge in [0.2, 0.25) is 0 Å². The van der Waals surface area contributed by atoms with Crippen LogP contribution < -0.4 is 4.90 Å². The lowest BCUT2D eigenvalue weighted by molar-refractivity contribution is -0.152. The molecule has 0 radical (unpaired) electrons. The van der Waals surface area contributed by atoms with E-state index in [0.29, 0.717) is 5.69 Å². The Kier molecular flexibility index (Phi) is 6.56. The minimum atomic E-state index is -1.34. The molecule has 2 aliphatic heterocycles. The molecule has 0 saturated carbocycles. The van der Waals surface area contributed by atoms with Gasteiger partial charge in [-0.3, -0.25) is 9.80 Å². The standard InChI is InChI=1S/C29H28N2O6/c1-29(26(32)35-2)17-23-22-15-9-10-16-24(22)30(27(33)36-18-20-11-5-3-6-12-20)25(23)31(29)28(34)37-19-21-13-7-4-8-14-21/h3-16,23,25H,17-19H2,1-2H3/t23-,25-,29+/m0/s1/i1+2. The van der Waals surface area contributed by atoms with Gasteiger partial charge in [0.1, 0.15) is 24.9 Å². The molecule has 37 heavy (non-hydrogen) atoms. The number of carbonyl (C=O) groups excluding carboxylic acids is 3. The zero-order chi connectivity index (χ0) is 26.0. The van der Waals surface area contributed by atoms with Crippen molar-refractivity contribution in [1.29, 1.82) is 0 Å². The maximum absolute atomic E-state index is 13.6. The zero-order valence-electron chi connectivity index (χ0n) is 20.7. The molecule has 190 valence electrons. The fourth-order valence-corrected chi connectivity index (χ4v) is 5.33. The number of para-hydroxylation sites is 1. The number of nitrogens with zero attached hydrogens (tertiary/aromatic N) is 2. The average molecular weight is 503 g/mol. The first-order valence-electron chi connectivity index (χ1n) is 12.1. The number of rotatable bonds is 5. The van der Waals surface area contributed by atoms with Crippen LogP contribution in [0, 0.1) is 0 Å². The summed E-state index contributed by atoms with van der Waals surface area (Å²) < 4.78 is 16.5. The third-order valence-corrected chi connectivity index (χ3v) is 7.06. The molecule has 0 aromatic heterocycles. The maximum atomic E-state index is 13.6. The Hall–Kier alpha value is -4.33. The molecule has 8 nitrogen and oxygen atoms in total. The second kappa shape index (κ2) is 9.97. The number of likely N-dealkylation sites (tertiary alicyclic amines) is 1. The van der Waals surface area contributed by atoms with Crippen molar-refractivity contribution in [3.8, 4) is 0 Å². The molecule has 0 unspecified atom stereocenters. The highest BCUT2D eigenvalue weighted by Gasteiger charge is 2.63. The first-order chi connectivity index (χ1) is 17.9. The number of esters is 1. The number of methoxy groups -OCH3 is 1. The summed E-state index contributed by atoms with van der Waals surface area (Å²) in [4.78, 5) is 43.0. The predicted octanol–water partition coefficient (Wildman–Crippen LogP) is 5.23. The Morgan fingerprint density at radius 2 is 1.38 bits per heavy atom. The van der Waals surface area contributed by atoms with E-state index in [1.165, 1.54) is 16.9 Å². The summed E-state index contributed by atoms with van der Waals surface area (Å²) in [6, 6.07) is 26.1. The van der Waals surface area contributed by atoms with Crippen molar-refractivity contribution in [2.75, 3.05) is 12.0 Å². The molecule has 0 N–H and O–H groups in total. The number of hydrogen-bond donors (Lipinski definition) is 0. The molecular weight excluding hydrogens is 474 g/mol. The van der Waals surface area contributed by atoms with E-state index < -0.39 is 29.9 Å². The fourth-order valence-electron chi connectivity index (χ4n) is 5.33. The van der Waals surface area contributed by atoms with Crippen LogP contribution in [0.15, 0.2) is 84.9 Å². The van der Waals surface area contributed by atoms with E-state index in [1.807, 2.05) is 84.9 Å². The van der Waals surface area contributed by atoms with Crippen LogP contribution in [0.1, 0.15) is 36.0 Å². The largest absolute Gasteiger partial charge is 0.467 e. The van der Waals surface area contributed by atoms with Crippen molar-refractivity contribution in [3.63, 3.8) is 0 Å². The number of ether oxygens (including phenoxy) is 3. The molecule has 3 atom stereocenters. The van der Waals surface area contributed by atoms with Gasteiger partial charge in [-0.1, -0.05) is 78.9 Å². The minimum absolute atomic E-state index is 0.0240. The van der Waals surface area contributed by atoms with Crippen LogP contribution in [0.2, 0.25) is 0 Å². The van der Waals surface area contributed by atoms with E-state index in [0.717, 1.165) is 16.7 Å². The van der Waals surface area contributed by atoms with Gasteiger partial charge in [-0.05, 0) is 36.1 Å². The van der Waals surface area contributed by atoms with Crippen LogP contribution in [0.4, 0.5) is 15.3 Å². The Balaban J connectivity index is 1.48. The summed E-state index contributed by atoms with van der Waals surface area (Å²) in [7, 11) is 1.29. The lowest BCUT2D eigenvalue weighted by Gasteiger charge is -2.38. The lowest BCUT2D eigenvalue weighted by atomic mass is 9.94. The number of hydrogen-bond acceptors (Lipinski definition) is 6. The number of amides is 2. The highest BCUT2D eigenvalue weighted by Crippen LogP contribution is 2.54. The summed E-state index contributed by atoms with van der Waals surface area (Å²) in [6.45, 7) is 1.75. The minimum Gasteiger partial charge on any atom is -0.467 e. The second-order valence-corrected chi connectivity index (χ2v) is 9.37. The summed E-state index contributed by atoms with van der Waals surface area (Å²) >= 11 is 0. The second-order valence-electron chi connectivity index (χ2n) is 9.37. The molecule has 2 heterocycles. The van der Waals surface area contributed by atoms with Gasteiger partial charge in [0.25, 0.3) is 0 Å². The van der Waals surface area contributed by atoms with Gasteiger partial charge in [-0.25, -0.2) is 14.4 Å². The Bertz CT molecular complexity index is 1300. The molecule has 1 saturated heterocycles. The van der Waals surface area contributed by atoms with Gasteiger partial charge < -0.3 is 14.2 Å². The number of carbonyl (C=O) groups is 3. The summed E-state index contributed by atoms with van der Waals surface area (Å²) in [5.74, 6) is -0.900. The monoisotopic (exact) mass is 502 g/mol. The van der Waals surface area contributed by atoms with Gasteiger partial charge in [0.15, 0.2) is 0 Å². The van der Waals surface area contributed by atoms with E-state index in [9.17, 15) is 14.4 Å². The normalized spacial score (nSPS) is 21.7. The molecule has 2 aliphatic rings. The Morgan fingerprint density at radius 1 is 0.838 bits per heavy atom. The predicted molar refractivity (Wildman–Crippen MR) is 136 cm³/mol. The van der Waals surface area contributed by atoms with E-state index in [4.69, 9.17) is 14.2 Å². The molecule has 8 heteroatoms. The van der Waals surface area contributed by atoms with Crippen LogP contribution in [-0.2, 0) is 32.2 Å². The first-order valence-corrected chi connectivity index (χ1v) is 12.1.